The van der Waals surface area contributed by atoms with E-state index in [-0.39, 0.29) is 30.3 Å². The first kappa shape index (κ1) is 17.6. The zero-order chi connectivity index (χ0) is 18.3. The molecule has 1 amide bonds. The summed E-state index contributed by atoms with van der Waals surface area (Å²) in [5.74, 6) is 1.16. The van der Waals surface area contributed by atoms with E-state index in [1.54, 1.807) is 0 Å². The Morgan fingerprint density at radius 2 is 1.85 bits per heavy atom. The van der Waals surface area contributed by atoms with Crippen LogP contribution in [-0.4, -0.2) is 23.5 Å². The van der Waals surface area contributed by atoms with E-state index in [1.165, 1.54) is 31.2 Å². The molecule has 4 heteroatoms. The summed E-state index contributed by atoms with van der Waals surface area (Å²) in [5, 5.41) is 3.29. The minimum absolute atomic E-state index is 0.000366. The number of ether oxygens (including phenoxy) is 1. The van der Waals surface area contributed by atoms with Gasteiger partial charge >= 0.3 is 5.97 Å². The van der Waals surface area contributed by atoms with Crippen LogP contribution in [0.3, 0.4) is 0 Å². The Morgan fingerprint density at radius 1 is 1.15 bits per heavy atom. The smallest absolute Gasteiger partial charge is 0.310 e. The fraction of sp³-hybridized carbons (Fsp3) is 0.636. The maximum atomic E-state index is 12.7. The number of rotatable bonds is 4. The average molecular weight is 355 g/mol. The van der Waals surface area contributed by atoms with Gasteiger partial charge in [-0.2, -0.15) is 0 Å². The molecule has 3 fully saturated rings. The zero-order valence-electron chi connectivity index (χ0n) is 15.7. The molecule has 1 aromatic carbocycles. The van der Waals surface area contributed by atoms with Crippen LogP contribution in [0.15, 0.2) is 30.3 Å². The van der Waals surface area contributed by atoms with Gasteiger partial charge in [-0.15, -0.1) is 0 Å². The number of carbonyl (C=O) groups excluding carboxylic acids is 2. The van der Waals surface area contributed by atoms with Gasteiger partial charge < -0.3 is 10.1 Å². The van der Waals surface area contributed by atoms with Crippen LogP contribution in [0, 0.1) is 17.8 Å². The molecule has 3 aliphatic rings. The van der Waals surface area contributed by atoms with E-state index in [2.05, 4.69) is 29.6 Å². The minimum Gasteiger partial charge on any atom is -0.459 e. The van der Waals surface area contributed by atoms with Crippen LogP contribution in [0.5, 0.6) is 0 Å². The zero-order valence-corrected chi connectivity index (χ0v) is 15.7. The van der Waals surface area contributed by atoms with Gasteiger partial charge in [-0.1, -0.05) is 43.2 Å². The second-order valence-electron chi connectivity index (χ2n) is 8.93. The Labute approximate surface area is 155 Å². The molecule has 0 spiro atoms. The highest BCUT2D eigenvalue weighted by Crippen LogP contribution is 2.54. The lowest BCUT2D eigenvalue weighted by Crippen LogP contribution is -2.59. The maximum absolute atomic E-state index is 12.7. The quantitative estimate of drug-likeness (QED) is 0.836. The molecule has 5 atom stereocenters. The number of hydrogen-bond acceptors (Lipinski definition) is 3. The van der Waals surface area contributed by atoms with Gasteiger partial charge in [0.05, 0.1) is 5.92 Å². The van der Waals surface area contributed by atoms with Crippen molar-refractivity contribution in [1.29, 1.82) is 0 Å². The largest absolute Gasteiger partial charge is 0.459 e. The molecular weight excluding hydrogens is 326 g/mol. The number of nitrogens with one attached hydrogen (secondary N) is 1. The molecule has 1 aliphatic heterocycles. The minimum atomic E-state index is -0.445. The highest BCUT2D eigenvalue weighted by atomic mass is 16.6. The summed E-state index contributed by atoms with van der Waals surface area (Å²) in [6, 6.07) is 10.8. The molecule has 1 heterocycles. The van der Waals surface area contributed by atoms with Gasteiger partial charge in [-0.25, -0.2) is 0 Å². The van der Waals surface area contributed by atoms with E-state index < -0.39 is 5.60 Å². The van der Waals surface area contributed by atoms with Gasteiger partial charge in [0.25, 0.3) is 0 Å². The normalized spacial score (nSPS) is 35.2. The third-order valence-electron chi connectivity index (χ3n) is 6.58. The first-order valence-corrected chi connectivity index (χ1v) is 10.0. The summed E-state index contributed by atoms with van der Waals surface area (Å²) in [4.78, 5) is 24.7. The number of benzene rings is 1. The number of carbonyl (C=O) groups is 2. The molecule has 0 bridgehead atoms. The summed E-state index contributed by atoms with van der Waals surface area (Å²) in [6.45, 7) is 3.82. The highest BCUT2D eigenvalue weighted by Gasteiger charge is 2.52. The van der Waals surface area contributed by atoms with Crippen LogP contribution in [0.25, 0.3) is 0 Å². The molecule has 2 saturated carbocycles. The molecule has 0 aromatic heterocycles. The van der Waals surface area contributed by atoms with Gasteiger partial charge in [0.1, 0.15) is 5.60 Å². The van der Waals surface area contributed by atoms with Crippen molar-refractivity contribution in [2.75, 3.05) is 0 Å². The van der Waals surface area contributed by atoms with Gasteiger partial charge in [0.2, 0.25) is 5.91 Å². The van der Waals surface area contributed by atoms with Crippen LogP contribution < -0.4 is 5.32 Å². The van der Waals surface area contributed by atoms with Gasteiger partial charge in [-0.05, 0) is 44.1 Å². The van der Waals surface area contributed by atoms with E-state index in [9.17, 15) is 9.59 Å². The Kier molecular flexibility index (Phi) is 4.54. The van der Waals surface area contributed by atoms with Crippen LogP contribution in [0.4, 0.5) is 0 Å². The third-order valence-corrected chi connectivity index (χ3v) is 6.58. The SMILES string of the molecule is CC1(C)C[C@H](CC(=O)N[C@H]2[C@H]3CCCC[C@@H]3[C@@H]2c2ccccc2)C(=O)O1. The predicted molar refractivity (Wildman–Crippen MR) is 99.5 cm³/mol. The van der Waals surface area contributed by atoms with Crippen molar-refractivity contribution in [2.45, 2.75) is 69.9 Å². The van der Waals surface area contributed by atoms with Crippen molar-refractivity contribution in [1.82, 2.24) is 5.32 Å². The predicted octanol–water partition coefficient (Wildman–Crippen LogP) is 3.81. The number of fused-ring (bicyclic) bond motifs is 1. The van der Waals surface area contributed by atoms with Gasteiger partial charge in [0.15, 0.2) is 0 Å². The number of hydrogen-bond donors (Lipinski definition) is 1. The summed E-state index contributed by atoms with van der Waals surface area (Å²) in [6.07, 6.45) is 5.90. The van der Waals surface area contributed by atoms with Gasteiger partial charge in [-0.3, -0.25) is 9.59 Å². The molecule has 1 N–H and O–H groups in total. The molecule has 1 aromatic rings. The van der Waals surface area contributed by atoms with Crippen molar-refractivity contribution in [3.63, 3.8) is 0 Å². The van der Waals surface area contributed by atoms with Crippen LogP contribution >= 0.6 is 0 Å². The van der Waals surface area contributed by atoms with Crippen LogP contribution in [-0.2, 0) is 14.3 Å². The molecule has 2 aliphatic carbocycles. The second-order valence-corrected chi connectivity index (χ2v) is 8.93. The van der Waals surface area contributed by atoms with E-state index in [0.717, 1.165) is 0 Å². The molecule has 0 unspecified atom stereocenters. The number of cyclic esters (lactones) is 1. The molecule has 26 heavy (non-hydrogen) atoms. The summed E-state index contributed by atoms with van der Waals surface area (Å²) in [5.41, 5.74) is 0.891. The van der Waals surface area contributed by atoms with Gasteiger partial charge in [0, 0.05) is 24.8 Å². The number of esters is 1. The van der Waals surface area contributed by atoms with E-state index >= 15 is 0 Å². The molecule has 140 valence electrons. The fourth-order valence-electron chi connectivity index (χ4n) is 5.49. The summed E-state index contributed by atoms with van der Waals surface area (Å²) in [7, 11) is 0. The van der Waals surface area contributed by atoms with Crippen LogP contribution in [0.2, 0.25) is 0 Å². The Morgan fingerprint density at radius 3 is 2.50 bits per heavy atom. The first-order chi connectivity index (χ1) is 12.4. The monoisotopic (exact) mass is 355 g/mol. The van der Waals surface area contributed by atoms with E-state index in [1.807, 2.05) is 19.9 Å². The second kappa shape index (κ2) is 6.71. The third kappa shape index (κ3) is 3.26. The van der Waals surface area contributed by atoms with Crippen LogP contribution in [0.1, 0.15) is 63.9 Å². The summed E-state index contributed by atoms with van der Waals surface area (Å²) < 4.78 is 5.36. The molecule has 1 saturated heterocycles. The van der Waals surface area contributed by atoms with E-state index in [4.69, 9.17) is 4.74 Å². The number of amides is 1. The lowest BCUT2D eigenvalue weighted by Gasteiger charge is -2.55. The van der Waals surface area contributed by atoms with Crippen molar-refractivity contribution in [3.8, 4) is 0 Å². The van der Waals surface area contributed by atoms with Crippen molar-refractivity contribution >= 4 is 11.9 Å². The Hall–Kier alpha value is -1.84. The molecule has 4 nitrogen and oxygen atoms in total. The van der Waals surface area contributed by atoms with Crippen molar-refractivity contribution in [2.24, 2.45) is 17.8 Å². The van der Waals surface area contributed by atoms with Crippen molar-refractivity contribution in [3.05, 3.63) is 35.9 Å². The van der Waals surface area contributed by atoms with Crippen molar-refractivity contribution < 1.29 is 14.3 Å². The first-order valence-electron chi connectivity index (χ1n) is 10.0. The highest BCUT2D eigenvalue weighted by molar-refractivity contribution is 5.84. The average Bonchev–Trinajstić information content (AvgIpc) is 2.85. The lowest BCUT2D eigenvalue weighted by atomic mass is 9.53. The lowest BCUT2D eigenvalue weighted by molar-refractivity contribution is -0.149. The molecule has 0 radical (unpaired) electrons. The maximum Gasteiger partial charge on any atom is 0.310 e. The fourth-order valence-corrected chi connectivity index (χ4v) is 5.49. The summed E-state index contributed by atoms with van der Waals surface area (Å²) >= 11 is 0. The topological polar surface area (TPSA) is 55.4 Å². The molecular formula is C22H29NO3. The Balaban J connectivity index is 1.44. The molecule has 4 rings (SSSR count). The van der Waals surface area contributed by atoms with E-state index in [0.29, 0.717) is 24.2 Å². The standard InChI is InChI=1S/C22H29NO3/c1-22(2)13-15(21(25)26-22)12-18(24)23-20-17-11-7-6-10-16(17)19(20)14-8-4-3-5-9-14/h3-5,8-9,15-17,19-20H,6-7,10-13H2,1-2H3,(H,23,24)/t15-,16-,17-,19-,20-/m0/s1. The Bertz CT molecular complexity index is 684.